The Morgan fingerprint density at radius 3 is 2.70 bits per heavy atom. The molecule has 2 aromatic carbocycles. The molecule has 7 heteroatoms. The number of nitrogens with zero attached hydrogens (tertiary/aromatic N) is 1. The van der Waals surface area contributed by atoms with Crippen molar-refractivity contribution in [3.8, 4) is 0 Å². The second-order valence-electron chi connectivity index (χ2n) is 6.74. The molecule has 4 rings (SSSR count). The molecule has 140 valence electrons. The smallest absolute Gasteiger partial charge is 0.331 e. The Balaban J connectivity index is 1.63. The van der Waals surface area contributed by atoms with E-state index in [0.29, 0.717) is 5.56 Å². The standard InChI is InChI=1S/C20H21N3O3S/c1-2-19(16-8-9-17-15(12-16)10-11-21-17)27(25,26)23-13-18(22-20(23)24)14-6-4-3-5-7-14/h2-9,12,18-19,21H,1,10-11,13H2,(H,22,24). The summed E-state index contributed by atoms with van der Waals surface area (Å²) in [7, 11) is -3.93. The van der Waals surface area contributed by atoms with E-state index in [9.17, 15) is 13.2 Å². The third-order valence-corrected chi connectivity index (χ3v) is 7.12. The number of amides is 2. The van der Waals surface area contributed by atoms with Gasteiger partial charge in [-0.25, -0.2) is 17.5 Å². The van der Waals surface area contributed by atoms with E-state index in [0.717, 1.165) is 34.1 Å². The lowest BCUT2D eigenvalue weighted by molar-refractivity contribution is 0.235. The Labute approximate surface area is 158 Å². The van der Waals surface area contributed by atoms with Gasteiger partial charge < -0.3 is 10.6 Å². The highest BCUT2D eigenvalue weighted by Crippen LogP contribution is 2.34. The molecule has 2 N–H and O–H groups in total. The van der Waals surface area contributed by atoms with Crippen LogP contribution in [0.4, 0.5) is 10.5 Å². The minimum absolute atomic E-state index is 0.0714. The summed E-state index contributed by atoms with van der Waals surface area (Å²) < 4.78 is 27.4. The molecule has 0 aromatic heterocycles. The van der Waals surface area contributed by atoms with Crippen LogP contribution in [0.25, 0.3) is 0 Å². The Hall–Kier alpha value is -2.80. The molecule has 1 saturated heterocycles. The van der Waals surface area contributed by atoms with Crippen LogP contribution in [0.1, 0.15) is 28.0 Å². The first-order valence-corrected chi connectivity index (χ1v) is 10.4. The molecule has 2 aliphatic heterocycles. The average Bonchev–Trinajstić information content (AvgIpc) is 3.29. The normalized spacial score (nSPS) is 19.9. The largest absolute Gasteiger partial charge is 0.384 e. The number of sulfonamides is 1. The monoisotopic (exact) mass is 383 g/mol. The number of fused-ring (bicyclic) bond motifs is 1. The molecule has 1 fully saturated rings. The van der Waals surface area contributed by atoms with E-state index in [1.807, 2.05) is 42.5 Å². The van der Waals surface area contributed by atoms with Gasteiger partial charge in [0.25, 0.3) is 0 Å². The zero-order valence-electron chi connectivity index (χ0n) is 14.8. The van der Waals surface area contributed by atoms with Crippen LogP contribution >= 0.6 is 0 Å². The van der Waals surface area contributed by atoms with Gasteiger partial charge in [-0.05, 0) is 29.2 Å². The first-order chi connectivity index (χ1) is 13.0. The van der Waals surface area contributed by atoms with E-state index in [1.165, 1.54) is 6.08 Å². The molecule has 0 aliphatic carbocycles. The summed E-state index contributed by atoms with van der Waals surface area (Å²) >= 11 is 0. The Morgan fingerprint density at radius 2 is 1.96 bits per heavy atom. The molecule has 2 heterocycles. The fourth-order valence-corrected chi connectivity index (χ4v) is 5.33. The van der Waals surface area contributed by atoms with Gasteiger partial charge >= 0.3 is 6.03 Å². The highest BCUT2D eigenvalue weighted by molar-refractivity contribution is 7.90. The number of rotatable bonds is 5. The summed E-state index contributed by atoms with van der Waals surface area (Å²) in [5, 5.41) is 5.05. The number of nitrogens with one attached hydrogen (secondary N) is 2. The second-order valence-corrected chi connectivity index (χ2v) is 8.72. The lowest BCUT2D eigenvalue weighted by atomic mass is 10.1. The van der Waals surface area contributed by atoms with Crippen molar-refractivity contribution in [2.45, 2.75) is 17.7 Å². The Bertz CT molecular complexity index is 989. The van der Waals surface area contributed by atoms with Crippen molar-refractivity contribution >= 4 is 21.7 Å². The molecule has 27 heavy (non-hydrogen) atoms. The second kappa shape index (κ2) is 6.74. The first-order valence-electron chi connectivity index (χ1n) is 8.87. The topological polar surface area (TPSA) is 78.5 Å². The highest BCUT2D eigenvalue weighted by atomic mass is 32.2. The van der Waals surface area contributed by atoms with Gasteiger partial charge in [-0.3, -0.25) is 0 Å². The fraction of sp³-hybridized carbons (Fsp3) is 0.250. The van der Waals surface area contributed by atoms with Gasteiger partial charge in [0.15, 0.2) is 0 Å². The fourth-order valence-electron chi connectivity index (χ4n) is 3.68. The maximum absolute atomic E-state index is 13.2. The predicted molar refractivity (Wildman–Crippen MR) is 105 cm³/mol. The average molecular weight is 383 g/mol. The first kappa shape index (κ1) is 17.6. The molecular formula is C20H21N3O3S. The summed E-state index contributed by atoms with van der Waals surface area (Å²) in [5.74, 6) is 0. The van der Waals surface area contributed by atoms with Crippen LogP contribution in [0.15, 0.2) is 61.2 Å². The molecule has 0 spiro atoms. The lowest BCUT2D eigenvalue weighted by Crippen LogP contribution is -2.37. The predicted octanol–water partition coefficient (Wildman–Crippen LogP) is 2.98. The molecule has 2 unspecified atom stereocenters. The SMILES string of the molecule is C=CC(c1ccc2c(c1)CCN2)S(=O)(=O)N1CC(c2ccccc2)NC1=O. The van der Waals surface area contributed by atoms with Crippen molar-refractivity contribution in [3.63, 3.8) is 0 Å². The third-order valence-electron chi connectivity index (χ3n) is 5.08. The summed E-state index contributed by atoms with van der Waals surface area (Å²) in [5.41, 5.74) is 3.62. The van der Waals surface area contributed by atoms with Crippen LogP contribution in [0.2, 0.25) is 0 Å². The van der Waals surface area contributed by atoms with Gasteiger partial charge in [-0.2, -0.15) is 0 Å². The van der Waals surface area contributed by atoms with E-state index in [4.69, 9.17) is 0 Å². The molecule has 0 bridgehead atoms. The molecule has 6 nitrogen and oxygen atoms in total. The van der Waals surface area contributed by atoms with Crippen molar-refractivity contribution in [3.05, 3.63) is 77.9 Å². The van der Waals surface area contributed by atoms with Gasteiger partial charge in [0.2, 0.25) is 10.0 Å². The van der Waals surface area contributed by atoms with Crippen molar-refractivity contribution < 1.29 is 13.2 Å². The Morgan fingerprint density at radius 1 is 1.19 bits per heavy atom. The third kappa shape index (κ3) is 3.08. The number of urea groups is 1. The van der Waals surface area contributed by atoms with Crippen molar-refractivity contribution in [1.29, 1.82) is 0 Å². The lowest BCUT2D eigenvalue weighted by Gasteiger charge is -2.22. The van der Waals surface area contributed by atoms with E-state index in [2.05, 4.69) is 17.2 Å². The number of carbonyl (C=O) groups excluding carboxylic acids is 1. The zero-order valence-corrected chi connectivity index (χ0v) is 15.6. The highest BCUT2D eigenvalue weighted by Gasteiger charge is 2.41. The number of hydrogen-bond donors (Lipinski definition) is 2. The van der Waals surface area contributed by atoms with Crippen LogP contribution < -0.4 is 10.6 Å². The molecular weight excluding hydrogens is 362 g/mol. The summed E-state index contributed by atoms with van der Waals surface area (Å²) in [4.78, 5) is 12.4. The number of hydrogen-bond acceptors (Lipinski definition) is 4. The van der Waals surface area contributed by atoms with E-state index in [-0.39, 0.29) is 12.6 Å². The molecule has 0 radical (unpaired) electrons. The van der Waals surface area contributed by atoms with Gasteiger partial charge in [0.05, 0.1) is 12.6 Å². The van der Waals surface area contributed by atoms with Gasteiger partial charge in [-0.1, -0.05) is 48.5 Å². The van der Waals surface area contributed by atoms with Crippen molar-refractivity contribution in [1.82, 2.24) is 9.62 Å². The summed E-state index contributed by atoms with van der Waals surface area (Å²) in [6.07, 6.45) is 2.25. The van der Waals surface area contributed by atoms with E-state index < -0.39 is 21.3 Å². The molecule has 2 amide bonds. The zero-order chi connectivity index (χ0) is 19.0. The molecule has 0 saturated carbocycles. The quantitative estimate of drug-likeness (QED) is 0.778. The Kier molecular flexibility index (Phi) is 4.39. The van der Waals surface area contributed by atoms with E-state index >= 15 is 0 Å². The summed E-state index contributed by atoms with van der Waals surface area (Å²) in [6, 6.07) is 14.0. The number of anilines is 1. The minimum Gasteiger partial charge on any atom is -0.384 e. The van der Waals surface area contributed by atoms with Crippen LogP contribution in [0, 0.1) is 0 Å². The van der Waals surface area contributed by atoms with E-state index in [1.54, 1.807) is 6.07 Å². The van der Waals surface area contributed by atoms with Gasteiger partial charge in [0, 0.05) is 12.2 Å². The molecule has 2 aliphatic rings. The van der Waals surface area contributed by atoms with Crippen LogP contribution in [-0.2, 0) is 16.4 Å². The van der Waals surface area contributed by atoms with Crippen LogP contribution in [0.5, 0.6) is 0 Å². The van der Waals surface area contributed by atoms with Gasteiger partial charge in [-0.15, -0.1) is 6.58 Å². The van der Waals surface area contributed by atoms with Crippen molar-refractivity contribution in [2.24, 2.45) is 0 Å². The van der Waals surface area contributed by atoms with Gasteiger partial charge in [0.1, 0.15) is 5.25 Å². The molecule has 2 atom stereocenters. The molecule has 2 aromatic rings. The minimum atomic E-state index is -3.93. The van der Waals surface area contributed by atoms with Crippen LogP contribution in [-0.4, -0.2) is 31.8 Å². The summed E-state index contributed by atoms with van der Waals surface area (Å²) in [6.45, 7) is 4.63. The maximum Gasteiger partial charge on any atom is 0.331 e. The van der Waals surface area contributed by atoms with Crippen LogP contribution in [0.3, 0.4) is 0 Å². The number of benzene rings is 2. The maximum atomic E-state index is 13.2. The number of carbonyl (C=O) groups is 1. The van der Waals surface area contributed by atoms with Crippen molar-refractivity contribution in [2.75, 3.05) is 18.4 Å².